The number of rotatable bonds is 1. The number of hydrogen-bond donors (Lipinski definition) is 1. The summed E-state index contributed by atoms with van der Waals surface area (Å²) in [6, 6.07) is 12.5. The first-order chi connectivity index (χ1) is 9.09. The summed E-state index contributed by atoms with van der Waals surface area (Å²) in [7, 11) is 1.72. The zero-order chi connectivity index (χ0) is 13.6. The molecule has 0 atom stereocenters. The molecule has 0 aliphatic carbocycles. The standard InChI is InChI=1S/C15H12N2O2/c1-17-13-7-6-9(14(16)18)8-12(13)10-4-2-3-5-11(10)15(17)19/h2-8H,1H3,(H2,16,18). The predicted molar refractivity (Wildman–Crippen MR) is 75.2 cm³/mol. The summed E-state index contributed by atoms with van der Waals surface area (Å²) in [4.78, 5) is 23.5. The highest BCUT2D eigenvalue weighted by molar-refractivity contribution is 6.08. The predicted octanol–water partition coefficient (Wildman–Crippen LogP) is 1.79. The van der Waals surface area contributed by atoms with Gasteiger partial charge in [0, 0.05) is 23.4 Å². The Morgan fingerprint density at radius 1 is 1.05 bits per heavy atom. The number of primary amides is 1. The second-order valence-electron chi connectivity index (χ2n) is 4.51. The topological polar surface area (TPSA) is 65.1 Å². The largest absolute Gasteiger partial charge is 0.366 e. The highest BCUT2D eigenvalue weighted by Gasteiger charge is 2.09. The Morgan fingerprint density at radius 3 is 2.42 bits per heavy atom. The average Bonchev–Trinajstić information content (AvgIpc) is 2.44. The molecule has 1 aromatic heterocycles. The van der Waals surface area contributed by atoms with Gasteiger partial charge in [-0.3, -0.25) is 9.59 Å². The third-order valence-electron chi connectivity index (χ3n) is 3.39. The van der Waals surface area contributed by atoms with Gasteiger partial charge in [-0.15, -0.1) is 0 Å². The van der Waals surface area contributed by atoms with Crippen LogP contribution in [0.5, 0.6) is 0 Å². The van der Waals surface area contributed by atoms with E-state index in [9.17, 15) is 9.59 Å². The van der Waals surface area contributed by atoms with Gasteiger partial charge < -0.3 is 10.3 Å². The maximum absolute atomic E-state index is 12.2. The quantitative estimate of drug-likeness (QED) is 0.671. The van der Waals surface area contributed by atoms with Crippen molar-refractivity contribution in [3.05, 3.63) is 58.4 Å². The Hall–Kier alpha value is -2.62. The number of benzene rings is 2. The molecule has 2 N–H and O–H groups in total. The van der Waals surface area contributed by atoms with Crippen molar-refractivity contribution in [2.75, 3.05) is 0 Å². The van der Waals surface area contributed by atoms with Gasteiger partial charge in [0.15, 0.2) is 0 Å². The van der Waals surface area contributed by atoms with Gasteiger partial charge in [-0.05, 0) is 29.7 Å². The molecule has 0 unspecified atom stereocenters. The molecule has 94 valence electrons. The van der Waals surface area contributed by atoms with Crippen LogP contribution in [0.2, 0.25) is 0 Å². The summed E-state index contributed by atoms with van der Waals surface area (Å²) in [5.41, 5.74) is 6.49. The Morgan fingerprint density at radius 2 is 1.74 bits per heavy atom. The lowest BCUT2D eigenvalue weighted by molar-refractivity contribution is 0.100. The third-order valence-corrected chi connectivity index (χ3v) is 3.39. The molecule has 4 heteroatoms. The number of carbonyl (C=O) groups excluding carboxylic acids is 1. The average molecular weight is 252 g/mol. The van der Waals surface area contributed by atoms with Crippen molar-refractivity contribution in [3.8, 4) is 0 Å². The van der Waals surface area contributed by atoms with Crippen LogP contribution in [0, 0.1) is 0 Å². The molecule has 3 aromatic rings. The van der Waals surface area contributed by atoms with Crippen molar-refractivity contribution in [1.29, 1.82) is 0 Å². The first-order valence-electron chi connectivity index (χ1n) is 5.91. The summed E-state index contributed by atoms with van der Waals surface area (Å²) in [5, 5.41) is 2.33. The van der Waals surface area contributed by atoms with Gasteiger partial charge in [0.05, 0.1) is 5.52 Å². The number of hydrogen-bond acceptors (Lipinski definition) is 2. The Bertz CT molecular complexity index is 878. The number of fused-ring (bicyclic) bond motifs is 3. The zero-order valence-electron chi connectivity index (χ0n) is 10.4. The molecule has 0 spiro atoms. The fourth-order valence-corrected chi connectivity index (χ4v) is 2.39. The number of nitrogens with zero attached hydrogens (tertiary/aromatic N) is 1. The minimum atomic E-state index is -0.472. The Labute approximate surface area is 109 Å². The molecule has 2 aromatic carbocycles. The van der Waals surface area contributed by atoms with Crippen LogP contribution in [-0.4, -0.2) is 10.5 Å². The second-order valence-corrected chi connectivity index (χ2v) is 4.51. The molecule has 0 aliphatic heterocycles. The van der Waals surface area contributed by atoms with Gasteiger partial charge in [0.2, 0.25) is 5.91 Å². The molecule has 0 radical (unpaired) electrons. The van der Waals surface area contributed by atoms with Crippen molar-refractivity contribution in [2.24, 2.45) is 12.8 Å². The van der Waals surface area contributed by atoms with Crippen molar-refractivity contribution in [3.63, 3.8) is 0 Å². The summed E-state index contributed by atoms with van der Waals surface area (Å²) in [5.74, 6) is -0.472. The van der Waals surface area contributed by atoms with E-state index in [0.717, 1.165) is 16.3 Å². The van der Waals surface area contributed by atoms with Crippen LogP contribution in [0.1, 0.15) is 10.4 Å². The molecular weight excluding hydrogens is 240 g/mol. The molecular formula is C15H12N2O2. The van der Waals surface area contributed by atoms with Gasteiger partial charge in [0.1, 0.15) is 0 Å². The fraction of sp³-hybridized carbons (Fsp3) is 0.0667. The minimum Gasteiger partial charge on any atom is -0.366 e. The van der Waals surface area contributed by atoms with E-state index in [1.54, 1.807) is 35.9 Å². The second kappa shape index (κ2) is 3.95. The highest BCUT2D eigenvalue weighted by atomic mass is 16.1. The van der Waals surface area contributed by atoms with Gasteiger partial charge in [-0.1, -0.05) is 18.2 Å². The minimum absolute atomic E-state index is 0.0464. The van der Waals surface area contributed by atoms with Crippen LogP contribution < -0.4 is 11.3 Å². The van der Waals surface area contributed by atoms with E-state index in [4.69, 9.17) is 5.73 Å². The van der Waals surface area contributed by atoms with Gasteiger partial charge in [0.25, 0.3) is 5.56 Å². The molecule has 3 rings (SSSR count). The van der Waals surface area contributed by atoms with Crippen LogP contribution in [0.3, 0.4) is 0 Å². The molecule has 0 saturated carbocycles. The highest BCUT2D eigenvalue weighted by Crippen LogP contribution is 2.23. The molecule has 0 saturated heterocycles. The van der Waals surface area contributed by atoms with Crippen LogP contribution in [0.25, 0.3) is 21.7 Å². The molecule has 1 amide bonds. The van der Waals surface area contributed by atoms with Crippen LogP contribution in [-0.2, 0) is 7.05 Å². The van der Waals surface area contributed by atoms with E-state index in [1.807, 2.05) is 18.2 Å². The van der Waals surface area contributed by atoms with Crippen molar-refractivity contribution < 1.29 is 4.79 Å². The number of amides is 1. The van der Waals surface area contributed by atoms with Crippen molar-refractivity contribution in [2.45, 2.75) is 0 Å². The normalized spacial score (nSPS) is 11.0. The first-order valence-corrected chi connectivity index (χ1v) is 5.91. The summed E-state index contributed by atoms with van der Waals surface area (Å²) < 4.78 is 1.59. The van der Waals surface area contributed by atoms with E-state index in [2.05, 4.69) is 0 Å². The number of aryl methyl sites for hydroxylation is 1. The van der Waals surface area contributed by atoms with Crippen LogP contribution in [0.4, 0.5) is 0 Å². The van der Waals surface area contributed by atoms with E-state index in [-0.39, 0.29) is 5.56 Å². The Kier molecular flexibility index (Phi) is 2.38. The summed E-state index contributed by atoms with van der Waals surface area (Å²) in [6.45, 7) is 0. The van der Waals surface area contributed by atoms with Crippen LogP contribution >= 0.6 is 0 Å². The maximum atomic E-state index is 12.2. The van der Waals surface area contributed by atoms with Gasteiger partial charge in [-0.25, -0.2) is 0 Å². The van der Waals surface area contributed by atoms with E-state index >= 15 is 0 Å². The molecule has 1 heterocycles. The van der Waals surface area contributed by atoms with Gasteiger partial charge in [-0.2, -0.15) is 0 Å². The summed E-state index contributed by atoms with van der Waals surface area (Å²) in [6.07, 6.45) is 0. The Balaban J connectivity index is 2.60. The summed E-state index contributed by atoms with van der Waals surface area (Å²) >= 11 is 0. The van der Waals surface area contributed by atoms with Crippen molar-refractivity contribution in [1.82, 2.24) is 4.57 Å². The number of carbonyl (C=O) groups is 1. The lowest BCUT2D eigenvalue weighted by atomic mass is 10.0. The monoisotopic (exact) mass is 252 g/mol. The van der Waals surface area contributed by atoms with Crippen molar-refractivity contribution >= 4 is 27.6 Å². The number of pyridine rings is 1. The van der Waals surface area contributed by atoms with E-state index < -0.39 is 5.91 Å². The first kappa shape index (κ1) is 11.5. The molecule has 0 bridgehead atoms. The van der Waals surface area contributed by atoms with E-state index in [0.29, 0.717) is 10.9 Å². The molecule has 0 aliphatic rings. The smallest absolute Gasteiger partial charge is 0.258 e. The molecule has 19 heavy (non-hydrogen) atoms. The lowest BCUT2D eigenvalue weighted by Gasteiger charge is -2.09. The number of nitrogens with two attached hydrogens (primary N) is 1. The van der Waals surface area contributed by atoms with Gasteiger partial charge >= 0.3 is 0 Å². The lowest BCUT2D eigenvalue weighted by Crippen LogP contribution is -2.18. The molecule has 4 nitrogen and oxygen atoms in total. The fourth-order valence-electron chi connectivity index (χ4n) is 2.39. The third kappa shape index (κ3) is 1.61. The SMILES string of the molecule is Cn1c(=O)c2ccccc2c2cc(C(N)=O)ccc21. The maximum Gasteiger partial charge on any atom is 0.258 e. The van der Waals surface area contributed by atoms with Crippen LogP contribution in [0.15, 0.2) is 47.3 Å². The van der Waals surface area contributed by atoms with E-state index in [1.165, 1.54) is 0 Å². The molecule has 0 fully saturated rings. The zero-order valence-corrected chi connectivity index (χ0v) is 10.4. The number of aromatic nitrogens is 1.